The van der Waals surface area contributed by atoms with E-state index in [1.807, 2.05) is 66.6 Å². The van der Waals surface area contributed by atoms with Gasteiger partial charge in [0.25, 0.3) is 0 Å². The van der Waals surface area contributed by atoms with E-state index in [0.717, 1.165) is 11.0 Å². The first-order chi connectivity index (χ1) is 11.8. The van der Waals surface area contributed by atoms with Crippen molar-refractivity contribution in [3.8, 4) is 0 Å². The van der Waals surface area contributed by atoms with E-state index in [-0.39, 0.29) is 0 Å². The predicted octanol–water partition coefficient (Wildman–Crippen LogP) is 5.21. The van der Waals surface area contributed by atoms with Crippen molar-refractivity contribution in [2.24, 2.45) is 0 Å². The number of imidazole rings is 1. The maximum atomic E-state index is 9.87. The summed E-state index contributed by atoms with van der Waals surface area (Å²) in [5.41, 5.74) is 1.91. The van der Waals surface area contributed by atoms with Gasteiger partial charge in [-0.1, -0.05) is 12.1 Å². The van der Waals surface area contributed by atoms with Crippen LogP contribution in [-0.4, -0.2) is 66.0 Å². The molecular weight excluding hydrogens is 418 g/mol. The molecule has 0 fully saturated rings. The van der Waals surface area contributed by atoms with Crippen molar-refractivity contribution in [2.75, 3.05) is 42.3 Å². The molecule has 6 nitrogen and oxygen atoms in total. The number of para-hydroxylation sites is 2. The van der Waals surface area contributed by atoms with Crippen LogP contribution in [0.3, 0.4) is 0 Å². The van der Waals surface area contributed by atoms with E-state index < -0.39 is 15.8 Å². The summed E-state index contributed by atoms with van der Waals surface area (Å²) >= 11 is 0. The molecule has 0 spiro atoms. The fourth-order valence-corrected chi connectivity index (χ4v) is 5.36. The summed E-state index contributed by atoms with van der Waals surface area (Å²) in [4.78, 5) is 4.38. The fraction of sp³-hybridized carbons (Fsp3) is 0.462. The molecular formula is C13H23F6N5OP2. The van der Waals surface area contributed by atoms with Crippen molar-refractivity contribution in [3.05, 3.63) is 30.6 Å². The molecule has 1 aromatic carbocycles. The molecule has 27 heavy (non-hydrogen) atoms. The first-order valence-corrected chi connectivity index (χ1v) is 11.0. The monoisotopic (exact) mass is 441 g/mol. The molecule has 0 saturated carbocycles. The van der Waals surface area contributed by atoms with Crippen LogP contribution in [0.4, 0.5) is 25.2 Å². The third kappa shape index (κ3) is 7.38. The normalized spacial score (nSPS) is 15.5. The number of fused-ring (bicyclic) bond motifs is 1. The van der Waals surface area contributed by atoms with Gasteiger partial charge in [-0.05, 0) is 12.1 Å². The number of hydrogen-bond donors (Lipinski definition) is 0. The molecule has 2 rings (SSSR count). The Balaban J connectivity index is 0.000000445. The molecule has 0 N–H and O–H groups in total. The zero-order chi connectivity index (χ0) is 21.3. The van der Waals surface area contributed by atoms with E-state index in [1.165, 1.54) is 0 Å². The van der Waals surface area contributed by atoms with Crippen LogP contribution >= 0.6 is 15.8 Å². The zero-order valence-electron chi connectivity index (χ0n) is 15.7. The third-order valence-electron chi connectivity index (χ3n) is 3.18. The maximum absolute atomic E-state index is 10.7. The molecule has 0 atom stereocenters. The summed E-state index contributed by atoms with van der Waals surface area (Å²) in [6, 6.07) is 7.96. The van der Waals surface area contributed by atoms with Gasteiger partial charge in [0.1, 0.15) is 11.8 Å². The first kappa shape index (κ1) is 23.8. The number of hydrogen-bond acceptors (Lipinski definition) is 5. The molecule has 0 aliphatic heterocycles. The van der Waals surface area contributed by atoms with Crippen LogP contribution in [0, 0.1) is 0 Å². The topological polar surface area (TPSA) is 36.8 Å². The van der Waals surface area contributed by atoms with Crippen LogP contribution in [0.5, 0.6) is 0 Å². The number of aromatic nitrogens is 2. The summed E-state index contributed by atoms with van der Waals surface area (Å²) in [5.74, 6) is 0. The SMILES string of the molecule is CN(C)[P+](On1cnc2ccccc21)(N(C)C)N(C)C.F[P-](F)(F)(F)(F)F. The van der Waals surface area contributed by atoms with Crippen molar-refractivity contribution in [2.45, 2.75) is 0 Å². The van der Waals surface area contributed by atoms with Crippen molar-refractivity contribution in [3.63, 3.8) is 0 Å². The standard InChI is InChI=1S/C13H23N5OP.F6P/c1-15(2)20(16(3)4,17(5)6)19-18-11-14-12-9-7-8-10-13(12)18;1-7(2,3,4,5)6/h7-11H,1-6H3;/q+1;-1. The van der Waals surface area contributed by atoms with Gasteiger partial charge in [-0.15, -0.1) is 18.7 Å². The zero-order valence-corrected chi connectivity index (χ0v) is 17.5. The Labute approximate surface area is 154 Å². The molecule has 0 radical (unpaired) electrons. The Morgan fingerprint density at radius 3 is 1.67 bits per heavy atom. The van der Waals surface area contributed by atoms with E-state index >= 15 is 0 Å². The molecule has 0 saturated heterocycles. The Morgan fingerprint density at radius 1 is 0.852 bits per heavy atom. The van der Waals surface area contributed by atoms with E-state index in [1.54, 1.807) is 11.1 Å². The minimum absolute atomic E-state index is 0.932. The number of halogens is 6. The molecule has 0 aliphatic rings. The molecule has 1 aromatic heterocycles. The van der Waals surface area contributed by atoms with E-state index in [9.17, 15) is 25.2 Å². The van der Waals surface area contributed by atoms with Crippen LogP contribution in [0.15, 0.2) is 30.6 Å². The van der Waals surface area contributed by atoms with Crippen molar-refractivity contribution in [1.29, 1.82) is 0 Å². The minimum atomic E-state index is -10.7. The van der Waals surface area contributed by atoms with Gasteiger partial charge in [-0.2, -0.15) is 0 Å². The van der Waals surface area contributed by atoms with Gasteiger partial charge in [0.2, 0.25) is 0 Å². The summed E-state index contributed by atoms with van der Waals surface area (Å²) < 4.78 is 73.7. The Bertz CT molecular complexity index is 745. The molecule has 0 amide bonds. The summed E-state index contributed by atoms with van der Waals surface area (Å²) in [6.07, 6.45) is 1.73. The average molecular weight is 441 g/mol. The van der Waals surface area contributed by atoms with E-state index in [0.29, 0.717) is 0 Å². The van der Waals surface area contributed by atoms with Crippen LogP contribution in [0.2, 0.25) is 0 Å². The molecule has 158 valence electrons. The first-order valence-electron chi connectivity index (χ1n) is 7.45. The molecule has 0 unspecified atom stereocenters. The summed E-state index contributed by atoms with van der Waals surface area (Å²) in [7, 11) is -0.532. The van der Waals surface area contributed by atoms with Gasteiger partial charge in [0.15, 0.2) is 0 Å². The average Bonchev–Trinajstić information content (AvgIpc) is 2.83. The second kappa shape index (κ2) is 7.00. The number of benzene rings is 1. The van der Waals surface area contributed by atoms with E-state index in [4.69, 9.17) is 4.62 Å². The second-order valence-electron chi connectivity index (χ2n) is 6.15. The van der Waals surface area contributed by atoms with Gasteiger partial charge in [0, 0.05) is 42.3 Å². The Morgan fingerprint density at radius 2 is 1.26 bits per heavy atom. The van der Waals surface area contributed by atoms with Gasteiger partial charge < -0.3 is 0 Å². The van der Waals surface area contributed by atoms with Gasteiger partial charge in [-0.25, -0.2) is 9.61 Å². The van der Waals surface area contributed by atoms with Gasteiger partial charge in [0.05, 0.1) is 5.52 Å². The second-order valence-corrected chi connectivity index (χ2v) is 11.7. The number of nitrogens with zero attached hydrogens (tertiary/aromatic N) is 5. The molecule has 0 bridgehead atoms. The van der Waals surface area contributed by atoms with Crippen LogP contribution in [0.1, 0.15) is 0 Å². The van der Waals surface area contributed by atoms with Gasteiger partial charge >= 0.3 is 40.9 Å². The van der Waals surface area contributed by atoms with Crippen molar-refractivity contribution >= 4 is 26.8 Å². The molecule has 2 aromatic rings. The Hall–Kier alpha value is -1.19. The van der Waals surface area contributed by atoms with Crippen molar-refractivity contribution < 1.29 is 29.8 Å². The van der Waals surface area contributed by atoms with Gasteiger partial charge in [-0.3, -0.25) is 0 Å². The summed E-state index contributed by atoms with van der Waals surface area (Å²) in [6.45, 7) is 0. The number of rotatable bonds is 5. The summed E-state index contributed by atoms with van der Waals surface area (Å²) in [5, 5.41) is 0. The molecule has 1 heterocycles. The van der Waals surface area contributed by atoms with Crippen LogP contribution < -0.4 is 4.62 Å². The molecule has 14 heteroatoms. The van der Waals surface area contributed by atoms with E-state index in [2.05, 4.69) is 19.0 Å². The Kier molecular flexibility index (Phi) is 6.19. The molecule has 0 aliphatic carbocycles. The quantitative estimate of drug-likeness (QED) is 0.471. The van der Waals surface area contributed by atoms with Crippen LogP contribution in [-0.2, 0) is 0 Å². The predicted molar refractivity (Wildman–Crippen MR) is 97.9 cm³/mol. The third-order valence-corrected chi connectivity index (χ3v) is 6.70. The fourth-order valence-electron chi connectivity index (χ4n) is 2.41. The van der Waals surface area contributed by atoms with Crippen molar-refractivity contribution in [1.82, 2.24) is 23.7 Å². The van der Waals surface area contributed by atoms with Crippen LogP contribution in [0.25, 0.3) is 11.0 Å².